The van der Waals surface area contributed by atoms with Gasteiger partial charge >= 0.3 is 0 Å². The van der Waals surface area contributed by atoms with Crippen LogP contribution in [0.15, 0.2) is 12.4 Å². The van der Waals surface area contributed by atoms with Gasteiger partial charge in [0.1, 0.15) is 0 Å². The van der Waals surface area contributed by atoms with Crippen molar-refractivity contribution >= 4 is 5.95 Å². The number of hydrogen-bond acceptors (Lipinski definition) is 3. The van der Waals surface area contributed by atoms with E-state index < -0.39 is 0 Å². The molecule has 1 saturated carbocycles. The third-order valence-corrected chi connectivity index (χ3v) is 3.42. The Bertz CT molecular complexity index is 332. The van der Waals surface area contributed by atoms with E-state index >= 15 is 0 Å². The van der Waals surface area contributed by atoms with Gasteiger partial charge in [-0.15, -0.1) is 0 Å². The lowest BCUT2D eigenvalue weighted by Crippen LogP contribution is -2.50. The monoisotopic (exact) mass is 178 g/mol. The number of aryl methyl sites for hydroxylation is 1. The molecular formula is C9H14N4. The molecule has 1 aromatic heterocycles. The third-order valence-electron chi connectivity index (χ3n) is 3.42. The van der Waals surface area contributed by atoms with Crippen LogP contribution in [-0.2, 0) is 7.05 Å². The molecule has 3 fully saturated rings. The van der Waals surface area contributed by atoms with Crippen molar-refractivity contribution in [2.45, 2.75) is 18.5 Å². The minimum absolute atomic E-state index is 0.386. The molecule has 4 heteroatoms. The van der Waals surface area contributed by atoms with E-state index in [9.17, 15) is 0 Å². The fourth-order valence-electron chi connectivity index (χ4n) is 2.53. The summed E-state index contributed by atoms with van der Waals surface area (Å²) in [5, 5.41) is 0. The molecule has 1 aromatic rings. The van der Waals surface area contributed by atoms with Crippen molar-refractivity contribution < 1.29 is 0 Å². The summed E-state index contributed by atoms with van der Waals surface area (Å²) in [4.78, 5) is 6.69. The Morgan fingerprint density at radius 1 is 1.62 bits per heavy atom. The maximum Gasteiger partial charge on any atom is 0.205 e. The molecule has 3 aliphatic rings. The van der Waals surface area contributed by atoms with Crippen LogP contribution in [0.4, 0.5) is 5.95 Å². The van der Waals surface area contributed by atoms with Crippen molar-refractivity contribution in [3.05, 3.63) is 12.4 Å². The number of fused-ring (bicyclic) bond motifs is 1. The maximum atomic E-state index is 6.00. The molecule has 2 bridgehead atoms. The first-order valence-electron chi connectivity index (χ1n) is 4.77. The number of nitrogens with two attached hydrogens (primary N) is 1. The first-order chi connectivity index (χ1) is 6.27. The lowest BCUT2D eigenvalue weighted by atomic mass is 9.81. The molecule has 70 valence electrons. The summed E-state index contributed by atoms with van der Waals surface area (Å²) < 4.78 is 2.06. The molecular weight excluding hydrogens is 164 g/mol. The molecule has 0 amide bonds. The summed E-state index contributed by atoms with van der Waals surface area (Å²) >= 11 is 0. The molecule has 0 radical (unpaired) electrons. The Morgan fingerprint density at radius 3 is 2.92 bits per heavy atom. The van der Waals surface area contributed by atoms with E-state index in [1.807, 2.05) is 19.4 Å². The van der Waals surface area contributed by atoms with Gasteiger partial charge in [0.15, 0.2) is 0 Å². The Morgan fingerprint density at radius 2 is 2.46 bits per heavy atom. The Labute approximate surface area is 77.3 Å². The van der Waals surface area contributed by atoms with Crippen LogP contribution in [0, 0.1) is 5.92 Å². The lowest BCUT2D eigenvalue weighted by molar-refractivity contribution is 0.311. The van der Waals surface area contributed by atoms with Crippen LogP contribution in [0.1, 0.15) is 6.42 Å². The van der Waals surface area contributed by atoms with Gasteiger partial charge in [-0.05, 0) is 12.3 Å². The molecule has 1 aliphatic carbocycles. The van der Waals surface area contributed by atoms with Crippen LogP contribution in [-0.4, -0.2) is 28.2 Å². The molecule has 3 unspecified atom stereocenters. The molecule has 4 nitrogen and oxygen atoms in total. The highest BCUT2D eigenvalue weighted by Crippen LogP contribution is 2.41. The number of anilines is 1. The molecule has 13 heavy (non-hydrogen) atoms. The van der Waals surface area contributed by atoms with Crippen LogP contribution in [0.25, 0.3) is 0 Å². The van der Waals surface area contributed by atoms with Crippen molar-refractivity contribution in [3.63, 3.8) is 0 Å². The zero-order valence-corrected chi connectivity index (χ0v) is 7.72. The first kappa shape index (κ1) is 7.38. The van der Waals surface area contributed by atoms with Crippen LogP contribution in [0.3, 0.4) is 0 Å². The number of hydrogen-bond donors (Lipinski definition) is 1. The largest absolute Gasteiger partial charge is 0.337 e. The maximum absolute atomic E-state index is 6.00. The van der Waals surface area contributed by atoms with Gasteiger partial charge in [-0.25, -0.2) is 4.98 Å². The third kappa shape index (κ3) is 0.812. The highest BCUT2D eigenvalue weighted by atomic mass is 15.4. The van der Waals surface area contributed by atoms with Gasteiger partial charge in [0.05, 0.1) is 0 Å². The summed E-state index contributed by atoms with van der Waals surface area (Å²) in [6.45, 7) is 1.09. The van der Waals surface area contributed by atoms with Crippen LogP contribution < -0.4 is 10.6 Å². The quantitative estimate of drug-likeness (QED) is 0.656. The van der Waals surface area contributed by atoms with E-state index in [2.05, 4.69) is 14.5 Å². The molecule has 2 aliphatic heterocycles. The highest BCUT2D eigenvalue weighted by molar-refractivity contribution is 5.40. The van der Waals surface area contributed by atoms with E-state index in [0.29, 0.717) is 18.0 Å². The second-order valence-electron chi connectivity index (χ2n) is 4.13. The van der Waals surface area contributed by atoms with Crippen molar-refractivity contribution in [2.24, 2.45) is 18.7 Å². The number of rotatable bonds is 1. The second-order valence-corrected chi connectivity index (χ2v) is 4.13. The minimum atomic E-state index is 0.386. The molecule has 3 atom stereocenters. The van der Waals surface area contributed by atoms with E-state index in [-0.39, 0.29) is 0 Å². The number of nitrogens with zero attached hydrogens (tertiary/aromatic N) is 3. The fraction of sp³-hybridized carbons (Fsp3) is 0.667. The van der Waals surface area contributed by atoms with Crippen LogP contribution in [0.2, 0.25) is 0 Å². The topological polar surface area (TPSA) is 47.1 Å². The summed E-state index contributed by atoms with van der Waals surface area (Å²) in [7, 11) is 2.03. The van der Waals surface area contributed by atoms with Crippen molar-refractivity contribution in [1.29, 1.82) is 0 Å². The van der Waals surface area contributed by atoms with E-state index in [1.54, 1.807) is 0 Å². The summed E-state index contributed by atoms with van der Waals surface area (Å²) in [6, 6.07) is 0.933. The molecule has 4 rings (SSSR count). The van der Waals surface area contributed by atoms with E-state index in [0.717, 1.165) is 12.5 Å². The van der Waals surface area contributed by atoms with Gasteiger partial charge in [-0.2, -0.15) is 0 Å². The summed E-state index contributed by atoms with van der Waals surface area (Å²) in [6.07, 6.45) is 5.08. The molecule has 2 saturated heterocycles. The smallest absolute Gasteiger partial charge is 0.205 e. The standard InChI is InChI=1S/C9H14N4/c1-12-3-2-11-9(12)13-5-6-4-7(13)8(6)10/h2-3,6-8H,4-5,10H2,1H3. The van der Waals surface area contributed by atoms with Crippen LogP contribution >= 0.6 is 0 Å². The zero-order chi connectivity index (χ0) is 9.00. The number of imidazole rings is 1. The summed E-state index contributed by atoms with van der Waals surface area (Å²) in [5.41, 5.74) is 6.00. The average molecular weight is 178 g/mol. The Hall–Kier alpha value is -1.03. The average Bonchev–Trinajstić information content (AvgIpc) is 2.74. The Balaban J connectivity index is 1.92. The minimum Gasteiger partial charge on any atom is -0.337 e. The SMILES string of the molecule is Cn1ccnc1N1CC2CC1C2N. The summed E-state index contributed by atoms with van der Waals surface area (Å²) in [5.74, 6) is 1.78. The molecule has 3 heterocycles. The molecule has 2 N–H and O–H groups in total. The van der Waals surface area contributed by atoms with Crippen molar-refractivity contribution in [3.8, 4) is 0 Å². The van der Waals surface area contributed by atoms with Gasteiger partial charge in [0, 0.05) is 38.1 Å². The molecule has 0 aromatic carbocycles. The lowest BCUT2D eigenvalue weighted by Gasteiger charge is -2.33. The van der Waals surface area contributed by atoms with E-state index in [1.165, 1.54) is 6.42 Å². The van der Waals surface area contributed by atoms with Gasteiger partial charge in [-0.1, -0.05) is 0 Å². The fourth-order valence-corrected chi connectivity index (χ4v) is 2.53. The predicted octanol–water partition coefficient (Wildman–Crippen LogP) is -0.0441. The van der Waals surface area contributed by atoms with Crippen molar-refractivity contribution in [2.75, 3.05) is 11.4 Å². The predicted molar refractivity (Wildman–Crippen MR) is 50.4 cm³/mol. The van der Waals surface area contributed by atoms with Crippen LogP contribution in [0.5, 0.6) is 0 Å². The van der Waals surface area contributed by atoms with E-state index in [4.69, 9.17) is 5.73 Å². The highest BCUT2D eigenvalue weighted by Gasteiger charge is 2.50. The van der Waals surface area contributed by atoms with Gasteiger partial charge in [0.2, 0.25) is 5.95 Å². The Kier molecular flexibility index (Phi) is 1.28. The van der Waals surface area contributed by atoms with Crippen molar-refractivity contribution in [1.82, 2.24) is 9.55 Å². The normalized spacial score (nSPS) is 36.5. The van der Waals surface area contributed by atoms with Gasteiger partial charge in [0.25, 0.3) is 0 Å². The van der Waals surface area contributed by atoms with Gasteiger partial charge < -0.3 is 15.2 Å². The molecule has 0 spiro atoms. The second kappa shape index (κ2) is 2.26. The van der Waals surface area contributed by atoms with Gasteiger partial charge in [-0.3, -0.25) is 0 Å². The zero-order valence-electron chi connectivity index (χ0n) is 7.72. The number of aromatic nitrogens is 2. The first-order valence-corrected chi connectivity index (χ1v) is 4.77.